The van der Waals surface area contributed by atoms with Crippen molar-refractivity contribution in [3.05, 3.63) is 63.7 Å². The topological polar surface area (TPSA) is 207 Å². The van der Waals surface area contributed by atoms with Crippen molar-refractivity contribution in [2.24, 2.45) is 0 Å². The zero-order chi connectivity index (χ0) is 27.2. The minimum absolute atomic E-state index is 0.0216. The number of H-pyrrole nitrogens is 1. The standard InChI is InChI=1S/C22H25N6O8PS/c1-11(12-6-4-3-5-7-12)35-19(31)13-9-38-37(33,27-13)34-8-14-16(29)22(2,32)20(36-14)28-10-24-15-17(28)25-21(23)26-18(15)30/h3-7,9-11,14,16,20,27,29,32-33H,8H2,1-2H3,(H2-,23,25,26,30)/p+1. The lowest BCUT2D eigenvalue weighted by molar-refractivity contribution is -0.144. The molecule has 0 aliphatic carbocycles. The smallest absolute Gasteiger partial charge is 0.440 e. The van der Waals surface area contributed by atoms with E-state index in [1.165, 1.54) is 23.2 Å². The summed E-state index contributed by atoms with van der Waals surface area (Å²) in [5.41, 5.74) is 4.11. The molecule has 1 saturated heterocycles. The molecule has 3 aromatic rings. The van der Waals surface area contributed by atoms with E-state index in [1.807, 2.05) is 30.3 Å². The maximum absolute atomic E-state index is 12.6. The Hall–Kier alpha value is -3.04. The van der Waals surface area contributed by atoms with Gasteiger partial charge in [0, 0.05) is 0 Å². The summed E-state index contributed by atoms with van der Waals surface area (Å²) < 4.78 is 18.3. The number of carbonyl (C=O) groups excluding carboxylic acids is 1. The first-order valence-corrected chi connectivity index (χ1v) is 14.6. The van der Waals surface area contributed by atoms with E-state index in [-0.39, 0.29) is 29.4 Å². The number of nitrogens with zero attached hydrogens (tertiary/aromatic N) is 3. The highest BCUT2D eigenvalue weighted by atomic mass is 32.7. The van der Waals surface area contributed by atoms with Crippen LogP contribution in [-0.2, 0) is 18.8 Å². The molecular formula is C22H26N6O8PS+. The Kier molecular flexibility index (Phi) is 6.94. The number of fused-ring (bicyclic) bond motifs is 1. The number of carbonyl (C=O) groups is 1. The van der Waals surface area contributed by atoms with E-state index in [2.05, 4.69) is 20.0 Å². The lowest BCUT2D eigenvalue weighted by Gasteiger charge is -2.27. The van der Waals surface area contributed by atoms with E-state index in [9.17, 15) is 24.7 Å². The predicted octanol–water partition coefficient (Wildman–Crippen LogP) is 0.880. The summed E-state index contributed by atoms with van der Waals surface area (Å²) in [4.78, 5) is 46.0. The molecule has 6 atom stereocenters. The van der Waals surface area contributed by atoms with Gasteiger partial charge in [-0.15, -0.1) is 0 Å². The van der Waals surface area contributed by atoms with Gasteiger partial charge in [-0.25, -0.2) is 9.78 Å². The Bertz CT molecular complexity index is 1450. The lowest BCUT2D eigenvalue weighted by atomic mass is 9.96. The molecule has 7 N–H and O–H groups in total. The van der Waals surface area contributed by atoms with E-state index in [4.69, 9.17) is 19.7 Å². The van der Waals surface area contributed by atoms with Crippen LogP contribution in [0.1, 0.15) is 31.7 Å². The number of aliphatic hydroxyl groups is 2. The fourth-order valence-electron chi connectivity index (χ4n) is 4.17. The van der Waals surface area contributed by atoms with Crippen molar-refractivity contribution >= 4 is 41.5 Å². The number of hydrogen-bond donors (Lipinski definition) is 6. The first-order chi connectivity index (χ1) is 18.0. The molecular weight excluding hydrogens is 539 g/mol. The number of aromatic nitrogens is 4. The molecule has 16 heteroatoms. The van der Waals surface area contributed by atoms with Crippen LogP contribution in [0.2, 0.25) is 0 Å². The second kappa shape index (κ2) is 9.93. The molecule has 38 heavy (non-hydrogen) atoms. The summed E-state index contributed by atoms with van der Waals surface area (Å²) in [5.74, 6) is -0.819. The van der Waals surface area contributed by atoms with Crippen molar-refractivity contribution in [1.29, 1.82) is 0 Å². The second-order valence-electron chi connectivity index (χ2n) is 9.00. The number of nitrogens with two attached hydrogens (primary N) is 1. The van der Waals surface area contributed by atoms with Crippen LogP contribution in [0, 0.1) is 0 Å². The Morgan fingerprint density at radius 1 is 1.39 bits per heavy atom. The molecule has 2 aliphatic heterocycles. The number of aromatic amines is 1. The van der Waals surface area contributed by atoms with Crippen LogP contribution in [0.25, 0.3) is 11.2 Å². The minimum atomic E-state index is -3.39. The summed E-state index contributed by atoms with van der Waals surface area (Å²) in [7, 11) is -3.39. The predicted molar refractivity (Wildman–Crippen MR) is 138 cm³/mol. The van der Waals surface area contributed by atoms with Crippen molar-refractivity contribution in [2.45, 2.75) is 44.0 Å². The quantitative estimate of drug-likeness (QED) is 0.174. The molecule has 0 spiro atoms. The molecule has 1 aromatic carbocycles. The van der Waals surface area contributed by atoms with Crippen molar-refractivity contribution in [2.75, 3.05) is 12.3 Å². The van der Waals surface area contributed by atoms with Gasteiger partial charge >= 0.3 is 13.0 Å². The summed E-state index contributed by atoms with van der Waals surface area (Å²) >= 11 is 0.886. The van der Waals surface area contributed by atoms with Gasteiger partial charge in [0.05, 0.1) is 11.7 Å². The zero-order valence-electron chi connectivity index (χ0n) is 20.2. The first-order valence-electron chi connectivity index (χ1n) is 11.5. The Morgan fingerprint density at radius 3 is 2.87 bits per heavy atom. The number of ether oxygens (including phenoxy) is 2. The van der Waals surface area contributed by atoms with E-state index in [0.29, 0.717) is 0 Å². The number of nitrogens with one attached hydrogen (secondary N) is 2. The fraction of sp³-hybridized carbons (Fsp3) is 0.364. The van der Waals surface area contributed by atoms with Crippen LogP contribution in [0.5, 0.6) is 0 Å². The van der Waals surface area contributed by atoms with E-state index < -0.39 is 48.7 Å². The van der Waals surface area contributed by atoms with Crippen molar-refractivity contribution in [1.82, 2.24) is 24.6 Å². The van der Waals surface area contributed by atoms with E-state index >= 15 is 0 Å². The summed E-state index contributed by atoms with van der Waals surface area (Å²) in [6.07, 6.45) is -3.01. The minimum Gasteiger partial charge on any atom is -0.453 e. The third-order valence-corrected chi connectivity index (χ3v) is 9.63. The number of nitrogen functional groups attached to an aromatic ring is 1. The van der Waals surface area contributed by atoms with Gasteiger partial charge in [-0.3, -0.25) is 14.3 Å². The maximum atomic E-state index is 12.6. The van der Waals surface area contributed by atoms with Gasteiger partial charge in [-0.2, -0.15) is 19.5 Å². The van der Waals surface area contributed by atoms with Gasteiger partial charge in [-0.1, -0.05) is 30.3 Å². The van der Waals surface area contributed by atoms with Crippen LogP contribution in [0.3, 0.4) is 0 Å². The highest BCUT2D eigenvalue weighted by Crippen LogP contribution is 2.68. The molecule has 6 unspecified atom stereocenters. The molecule has 1 fully saturated rings. The molecule has 2 aliphatic rings. The number of rotatable bonds is 7. The van der Waals surface area contributed by atoms with Gasteiger partial charge in [0.1, 0.15) is 41.9 Å². The first kappa shape index (κ1) is 26.6. The maximum Gasteiger partial charge on any atom is 0.440 e. The average Bonchev–Trinajstić information content (AvgIpc) is 3.54. The van der Waals surface area contributed by atoms with Gasteiger partial charge < -0.3 is 25.4 Å². The monoisotopic (exact) mass is 565 g/mol. The van der Waals surface area contributed by atoms with Crippen LogP contribution in [0.4, 0.5) is 5.95 Å². The van der Waals surface area contributed by atoms with E-state index in [1.54, 1.807) is 6.92 Å². The van der Waals surface area contributed by atoms with Crippen LogP contribution in [0.15, 0.2) is 52.6 Å². The molecule has 0 amide bonds. The molecule has 0 bridgehead atoms. The third-order valence-electron chi connectivity index (χ3n) is 6.22. The summed E-state index contributed by atoms with van der Waals surface area (Å²) in [6, 6.07) is 9.20. The number of aliphatic hydroxyl groups excluding tert-OH is 1. The number of esters is 1. The summed E-state index contributed by atoms with van der Waals surface area (Å²) in [6.45, 7) is 2.75. The van der Waals surface area contributed by atoms with Crippen molar-refractivity contribution < 1.29 is 33.9 Å². The Morgan fingerprint density at radius 2 is 2.13 bits per heavy atom. The molecule has 0 saturated carbocycles. The zero-order valence-corrected chi connectivity index (χ0v) is 21.9. The van der Waals surface area contributed by atoms with Crippen molar-refractivity contribution in [3.63, 3.8) is 0 Å². The Balaban J connectivity index is 1.23. The number of benzene rings is 1. The number of hydrogen-bond acceptors (Lipinski definition) is 13. The van der Waals surface area contributed by atoms with E-state index in [0.717, 1.165) is 16.9 Å². The van der Waals surface area contributed by atoms with Crippen LogP contribution < -0.4 is 16.4 Å². The lowest BCUT2D eigenvalue weighted by Crippen LogP contribution is -2.44. The average molecular weight is 566 g/mol. The fourth-order valence-corrected chi connectivity index (χ4v) is 7.21. The highest BCUT2D eigenvalue weighted by Gasteiger charge is 2.56. The molecule has 14 nitrogen and oxygen atoms in total. The van der Waals surface area contributed by atoms with Crippen molar-refractivity contribution in [3.8, 4) is 0 Å². The molecule has 4 heterocycles. The largest absolute Gasteiger partial charge is 0.453 e. The van der Waals surface area contributed by atoms with Gasteiger partial charge in [0.2, 0.25) is 5.95 Å². The van der Waals surface area contributed by atoms with Gasteiger partial charge in [0.15, 0.2) is 23.1 Å². The number of imidazole rings is 1. The molecule has 5 rings (SSSR count). The molecule has 0 radical (unpaired) electrons. The third kappa shape index (κ3) is 4.89. The normalized spacial score (nSPS) is 29.7. The van der Waals surface area contributed by atoms with Crippen LogP contribution in [-0.4, -0.2) is 65.0 Å². The number of anilines is 1. The van der Waals surface area contributed by atoms with Gasteiger partial charge in [-0.05, 0) is 19.4 Å². The highest BCUT2D eigenvalue weighted by molar-refractivity contribution is 8.60. The molecule has 2 aromatic heterocycles. The molecule has 202 valence electrons. The van der Waals surface area contributed by atoms with Gasteiger partial charge in [0.25, 0.3) is 5.56 Å². The Labute approximate surface area is 220 Å². The SMILES string of the molecule is CC(OC(=O)C1=CS[P+](O)(OCC2OC(n3cnc4c(=O)[nH]c(N)nc43)C(C)(O)C2O)N1)c1ccccc1. The second-order valence-corrected chi connectivity index (χ2v) is 13.1. The van der Waals surface area contributed by atoms with Crippen LogP contribution >= 0.6 is 18.5 Å². The summed E-state index contributed by atoms with van der Waals surface area (Å²) in [5, 5.41) is 25.9.